The van der Waals surface area contributed by atoms with Gasteiger partial charge < -0.3 is 4.74 Å². The van der Waals surface area contributed by atoms with E-state index in [0.717, 1.165) is 9.87 Å². The van der Waals surface area contributed by atoms with E-state index in [1.807, 2.05) is 18.2 Å². The lowest BCUT2D eigenvalue weighted by Gasteiger charge is -2.11. The first-order valence-electron chi connectivity index (χ1n) is 7.23. The molecule has 5 nitrogen and oxygen atoms in total. The van der Waals surface area contributed by atoms with Gasteiger partial charge in [-0.3, -0.25) is 4.79 Å². The fraction of sp³-hybridized carbons (Fsp3) is 0.167. The van der Waals surface area contributed by atoms with E-state index in [9.17, 15) is 13.2 Å². The highest BCUT2D eigenvalue weighted by Crippen LogP contribution is 2.17. The molecular formula is C18H19NO4S. The van der Waals surface area contributed by atoms with Crippen LogP contribution in [0.2, 0.25) is 0 Å². The van der Waals surface area contributed by atoms with Crippen molar-refractivity contribution in [2.75, 3.05) is 21.2 Å². The minimum Gasteiger partial charge on any atom is -0.497 e. The summed E-state index contributed by atoms with van der Waals surface area (Å²) in [6.45, 7) is 0. The highest BCUT2D eigenvalue weighted by molar-refractivity contribution is 7.89. The molecule has 0 heterocycles. The number of nitrogens with zero attached hydrogens (tertiary/aromatic N) is 1. The molecule has 0 aliphatic rings. The largest absolute Gasteiger partial charge is 0.497 e. The van der Waals surface area contributed by atoms with Crippen molar-refractivity contribution in [2.45, 2.75) is 4.90 Å². The minimum atomic E-state index is -3.57. The van der Waals surface area contributed by atoms with Crippen LogP contribution in [-0.2, 0) is 10.0 Å². The molecule has 6 heteroatoms. The van der Waals surface area contributed by atoms with Crippen LogP contribution in [0.1, 0.15) is 15.9 Å². The summed E-state index contributed by atoms with van der Waals surface area (Å²) in [5.74, 6) is 0.428. The molecule has 126 valence electrons. The maximum absolute atomic E-state index is 12.3. The third-order valence-electron chi connectivity index (χ3n) is 3.42. The van der Waals surface area contributed by atoms with Crippen molar-refractivity contribution in [3.63, 3.8) is 0 Å². The molecule has 0 N–H and O–H groups in total. The van der Waals surface area contributed by atoms with E-state index in [1.54, 1.807) is 31.4 Å². The third-order valence-corrected chi connectivity index (χ3v) is 5.23. The molecule has 0 aliphatic carbocycles. The Kier molecular flexibility index (Phi) is 5.54. The predicted molar refractivity (Wildman–Crippen MR) is 93.7 cm³/mol. The molecule has 0 aliphatic heterocycles. The van der Waals surface area contributed by atoms with Gasteiger partial charge in [0, 0.05) is 19.7 Å². The average molecular weight is 345 g/mol. The van der Waals surface area contributed by atoms with E-state index in [0.29, 0.717) is 11.3 Å². The summed E-state index contributed by atoms with van der Waals surface area (Å²) in [6.07, 6.45) is 3.08. The monoisotopic (exact) mass is 345 g/mol. The van der Waals surface area contributed by atoms with Gasteiger partial charge in [-0.25, -0.2) is 12.7 Å². The van der Waals surface area contributed by atoms with Crippen LogP contribution in [0.5, 0.6) is 5.75 Å². The molecule has 0 radical (unpaired) electrons. The van der Waals surface area contributed by atoms with Crippen molar-refractivity contribution < 1.29 is 17.9 Å². The van der Waals surface area contributed by atoms with Crippen LogP contribution < -0.4 is 4.74 Å². The molecular weight excluding hydrogens is 326 g/mol. The van der Waals surface area contributed by atoms with Gasteiger partial charge >= 0.3 is 0 Å². The summed E-state index contributed by atoms with van der Waals surface area (Å²) < 4.78 is 30.5. The maximum atomic E-state index is 12.3. The fourth-order valence-corrected chi connectivity index (χ4v) is 2.98. The lowest BCUT2D eigenvalue weighted by molar-refractivity contribution is 0.104. The second-order valence-electron chi connectivity index (χ2n) is 5.29. The Morgan fingerprint density at radius 3 is 2.46 bits per heavy atom. The van der Waals surface area contributed by atoms with Crippen LogP contribution in [0.25, 0.3) is 6.08 Å². The van der Waals surface area contributed by atoms with E-state index >= 15 is 0 Å². The summed E-state index contributed by atoms with van der Waals surface area (Å²) in [7, 11) is 0.907. The van der Waals surface area contributed by atoms with Crippen LogP contribution >= 0.6 is 0 Å². The van der Waals surface area contributed by atoms with Crippen molar-refractivity contribution in [2.24, 2.45) is 0 Å². The number of carbonyl (C=O) groups is 1. The number of rotatable bonds is 6. The zero-order valence-corrected chi connectivity index (χ0v) is 14.6. The van der Waals surface area contributed by atoms with Crippen molar-refractivity contribution in [1.29, 1.82) is 0 Å². The summed E-state index contributed by atoms with van der Waals surface area (Å²) in [5.41, 5.74) is 1.14. The molecule has 0 saturated carbocycles. The highest BCUT2D eigenvalue weighted by Gasteiger charge is 2.18. The molecule has 2 rings (SSSR count). The van der Waals surface area contributed by atoms with Crippen LogP contribution in [-0.4, -0.2) is 39.7 Å². The summed E-state index contributed by atoms with van der Waals surface area (Å²) in [6, 6.07) is 13.3. The molecule has 0 unspecified atom stereocenters. The van der Waals surface area contributed by atoms with Gasteiger partial charge in [0.05, 0.1) is 12.0 Å². The van der Waals surface area contributed by atoms with Crippen LogP contribution in [0, 0.1) is 0 Å². The zero-order valence-electron chi connectivity index (χ0n) is 13.8. The number of ketones is 1. The molecule has 0 aromatic heterocycles. The number of benzene rings is 2. The predicted octanol–water partition coefficient (Wildman–Crippen LogP) is 2.84. The number of hydrogen-bond donors (Lipinski definition) is 0. The second-order valence-corrected chi connectivity index (χ2v) is 7.44. The maximum Gasteiger partial charge on any atom is 0.242 e. The normalized spacial score (nSPS) is 11.8. The fourth-order valence-electron chi connectivity index (χ4n) is 2.03. The van der Waals surface area contributed by atoms with E-state index < -0.39 is 10.0 Å². The molecule has 0 bridgehead atoms. The minimum absolute atomic E-state index is 0.0909. The van der Waals surface area contributed by atoms with Crippen molar-refractivity contribution in [3.05, 3.63) is 65.7 Å². The number of methoxy groups -OCH3 is 1. The summed E-state index contributed by atoms with van der Waals surface area (Å²) >= 11 is 0. The molecule has 2 aromatic rings. The Bertz CT molecular complexity index is 870. The number of sulfonamides is 1. The first kappa shape index (κ1) is 17.9. The second kappa shape index (κ2) is 7.42. The van der Waals surface area contributed by atoms with Gasteiger partial charge in [-0.1, -0.05) is 30.3 Å². The van der Waals surface area contributed by atoms with Gasteiger partial charge in [-0.2, -0.15) is 0 Å². The van der Waals surface area contributed by atoms with E-state index in [1.165, 1.54) is 32.3 Å². The Morgan fingerprint density at radius 1 is 1.08 bits per heavy atom. The molecule has 0 saturated heterocycles. The number of allylic oxidation sites excluding steroid dienone is 1. The number of hydrogen-bond acceptors (Lipinski definition) is 4. The van der Waals surface area contributed by atoms with E-state index in [4.69, 9.17) is 4.74 Å². The Labute approximate surface area is 142 Å². The lowest BCUT2D eigenvalue weighted by Crippen LogP contribution is -2.22. The van der Waals surface area contributed by atoms with E-state index in [-0.39, 0.29) is 10.7 Å². The first-order chi connectivity index (χ1) is 11.3. The van der Waals surface area contributed by atoms with Crippen LogP contribution in [0.4, 0.5) is 0 Å². The van der Waals surface area contributed by atoms with Gasteiger partial charge in [-0.15, -0.1) is 0 Å². The van der Waals surface area contributed by atoms with Crippen LogP contribution in [0.3, 0.4) is 0 Å². The zero-order chi connectivity index (χ0) is 17.7. The smallest absolute Gasteiger partial charge is 0.242 e. The number of carbonyl (C=O) groups excluding carboxylic acids is 1. The van der Waals surface area contributed by atoms with Gasteiger partial charge in [0.15, 0.2) is 5.78 Å². The Hall–Kier alpha value is -2.44. The van der Waals surface area contributed by atoms with Crippen molar-refractivity contribution >= 4 is 21.9 Å². The summed E-state index contributed by atoms with van der Waals surface area (Å²) in [4.78, 5) is 12.4. The molecule has 0 spiro atoms. The third kappa shape index (κ3) is 4.10. The number of ether oxygens (including phenoxy) is 1. The van der Waals surface area contributed by atoms with Crippen molar-refractivity contribution in [1.82, 2.24) is 4.31 Å². The lowest BCUT2D eigenvalue weighted by atomic mass is 10.1. The molecule has 0 atom stereocenters. The Morgan fingerprint density at radius 2 is 1.79 bits per heavy atom. The topological polar surface area (TPSA) is 63.7 Å². The van der Waals surface area contributed by atoms with E-state index in [2.05, 4.69) is 0 Å². The van der Waals surface area contributed by atoms with Gasteiger partial charge in [0.1, 0.15) is 5.75 Å². The van der Waals surface area contributed by atoms with Crippen LogP contribution in [0.15, 0.2) is 59.5 Å². The molecule has 0 amide bonds. The van der Waals surface area contributed by atoms with Gasteiger partial charge in [0.2, 0.25) is 10.0 Å². The average Bonchev–Trinajstić information content (AvgIpc) is 2.59. The standard InChI is InChI=1S/C18H19NO4S/c1-19(2)24(21,22)17-9-5-7-15(13-17)18(20)11-10-14-6-4-8-16(12-14)23-3/h4-13H,1-3H3/b11-10+. The highest BCUT2D eigenvalue weighted by atomic mass is 32.2. The van der Waals surface area contributed by atoms with Gasteiger partial charge in [-0.05, 0) is 35.9 Å². The van der Waals surface area contributed by atoms with Gasteiger partial charge in [0.25, 0.3) is 0 Å². The molecule has 24 heavy (non-hydrogen) atoms. The first-order valence-corrected chi connectivity index (χ1v) is 8.67. The SMILES string of the molecule is COc1cccc(/C=C/C(=O)c2cccc(S(=O)(=O)N(C)C)c2)c1. The Balaban J connectivity index is 2.26. The molecule has 2 aromatic carbocycles. The summed E-state index contributed by atoms with van der Waals surface area (Å²) in [5, 5.41) is 0. The van der Waals surface area contributed by atoms with Crippen molar-refractivity contribution in [3.8, 4) is 5.75 Å². The molecule has 0 fully saturated rings. The quantitative estimate of drug-likeness (QED) is 0.596.